The van der Waals surface area contributed by atoms with Gasteiger partial charge in [-0.3, -0.25) is 4.79 Å². The highest BCUT2D eigenvalue weighted by Crippen LogP contribution is 2.28. The topological polar surface area (TPSA) is 89.4 Å². The maximum atomic E-state index is 12.6. The molecule has 1 aliphatic rings. The zero-order chi connectivity index (χ0) is 21.1. The van der Waals surface area contributed by atoms with Crippen molar-refractivity contribution in [3.8, 4) is 5.75 Å². The quantitative estimate of drug-likeness (QED) is 0.514. The van der Waals surface area contributed by atoms with Crippen molar-refractivity contribution in [3.63, 3.8) is 0 Å². The number of benzene rings is 2. The number of methoxy groups -OCH3 is 1. The number of amides is 1. The first-order chi connectivity index (χ1) is 14.5. The number of nitrogens with zero attached hydrogens (tertiary/aromatic N) is 1. The molecule has 0 radical (unpaired) electrons. The van der Waals surface area contributed by atoms with Crippen LogP contribution in [-0.2, 0) is 16.6 Å². The zero-order valence-electron chi connectivity index (χ0n) is 16.8. The van der Waals surface area contributed by atoms with Crippen molar-refractivity contribution >= 4 is 26.8 Å². The second-order valence-electron chi connectivity index (χ2n) is 7.44. The fourth-order valence-electron chi connectivity index (χ4n) is 3.40. The van der Waals surface area contributed by atoms with Crippen LogP contribution in [0.15, 0.2) is 59.6 Å². The predicted molar refractivity (Wildman–Crippen MR) is 115 cm³/mol. The van der Waals surface area contributed by atoms with Crippen molar-refractivity contribution in [1.82, 2.24) is 14.6 Å². The maximum Gasteiger partial charge on any atom is 0.251 e. The molecule has 1 aromatic heterocycles. The molecule has 0 bridgehead atoms. The number of ether oxygens (including phenoxy) is 1. The summed E-state index contributed by atoms with van der Waals surface area (Å²) in [6.45, 7) is 1.27. The molecule has 158 valence electrons. The van der Waals surface area contributed by atoms with Gasteiger partial charge in [0, 0.05) is 36.4 Å². The second-order valence-corrected chi connectivity index (χ2v) is 9.12. The molecule has 1 heterocycles. The van der Waals surface area contributed by atoms with E-state index >= 15 is 0 Å². The van der Waals surface area contributed by atoms with Crippen LogP contribution in [0.5, 0.6) is 5.75 Å². The molecule has 7 nitrogen and oxygen atoms in total. The number of carbonyl (C=O) groups excluding carboxylic acids is 1. The van der Waals surface area contributed by atoms with E-state index in [1.807, 2.05) is 18.3 Å². The van der Waals surface area contributed by atoms with E-state index < -0.39 is 10.0 Å². The number of hydrogen-bond donors (Lipinski definition) is 2. The molecule has 2 aromatic carbocycles. The molecular formula is C22H25N3O4S. The molecular weight excluding hydrogens is 402 g/mol. The Morgan fingerprint density at radius 2 is 1.97 bits per heavy atom. The van der Waals surface area contributed by atoms with Crippen molar-refractivity contribution in [2.24, 2.45) is 0 Å². The zero-order valence-corrected chi connectivity index (χ0v) is 17.6. The Balaban J connectivity index is 1.39. The minimum Gasteiger partial charge on any atom is -0.495 e. The fraction of sp³-hybridized carbons (Fsp3) is 0.318. The smallest absolute Gasteiger partial charge is 0.251 e. The average Bonchev–Trinajstić information content (AvgIpc) is 3.46. The minimum atomic E-state index is -3.73. The Bertz CT molecular complexity index is 1170. The molecule has 1 aliphatic carbocycles. The van der Waals surface area contributed by atoms with Gasteiger partial charge >= 0.3 is 0 Å². The van der Waals surface area contributed by atoms with Gasteiger partial charge in [0.25, 0.3) is 5.91 Å². The number of carbonyl (C=O) groups is 1. The summed E-state index contributed by atoms with van der Waals surface area (Å²) in [6, 6.07) is 14.7. The van der Waals surface area contributed by atoms with Crippen molar-refractivity contribution in [3.05, 3.63) is 60.3 Å². The van der Waals surface area contributed by atoms with Crippen molar-refractivity contribution < 1.29 is 17.9 Å². The van der Waals surface area contributed by atoms with E-state index in [2.05, 4.69) is 32.8 Å². The number of nitrogens with one attached hydrogen (secondary N) is 2. The van der Waals surface area contributed by atoms with Crippen LogP contribution < -0.4 is 14.8 Å². The van der Waals surface area contributed by atoms with E-state index in [0.29, 0.717) is 12.1 Å². The lowest BCUT2D eigenvalue weighted by Crippen LogP contribution is -2.28. The Morgan fingerprint density at radius 1 is 1.17 bits per heavy atom. The Labute approximate surface area is 176 Å². The third kappa shape index (κ3) is 4.49. The average molecular weight is 428 g/mol. The molecule has 3 aromatic rings. The van der Waals surface area contributed by atoms with E-state index in [0.717, 1.165) is 31.3 Å². The lowest BCUT2D eigenvalue weighted by molar-refractivity contribution is 0.0952. The Hall–Kier alpha value is -2.84. The number of rotatable bonds is 9. The number of sulfonamides is 1. The molecule has 0 aliphatic heterocycles. The van der Waals surface area contributed by atoms with Gasteiger partial charge < -0.3 is 14.6 Å². The highest BCUT2D eigenvalue weighted by Gasteiger charge is 2.30. The summed E-state index contributed by atoms with van der Waals surface area (Å²) in [4.78, 5) is 12.5. The van der Waals surface area contributed by atoms with E-state index in [9.17, 15) is 13.2 Å². The molecule has 0 saturated heterocycles. The van der Waals surface area contributed by atoms with Gasteiger partial charge in [0.05, 0.1) is 7.11 Å². The normalized spacial score (nSPS) is 14.0. The van der Waals surface area contributed by atoms with E-state index in [1.54, 1.807) is 6.07 Å². The highest BCUT2D eigenvalue weighted by atomic mass is 32.2. The SMILES string of the molecule is COc1ccc(C(=O)NCCCn2ccc3ccccc32)cc1S(=O)(=O)NC1CC1. The molecule has 30 heavy (non-hydrogen) atoms. The summed E-state index contributed by atoms with van der Waals surface area (Å²) in [5, 5.41) is 4.06. The number of aryl methyl sites for hydroxylation is 1. The van der Waals surface area contributed by atoms with Crippen LogP contribution >= 0.6 is 0 Å². The molecule has 1 amide bonds. The monoisotopic (exact) mass is 427 g/mol. The van der Waals surface area contributed by atoms with Crippen molar-refractivity contribution in [2.45, 2.75) is 36.7 Å². The number of aromatic nitrogens is 1. The van der Waals surface area contributed by atoms with Gasteiger partial charge in [0.15, 0.2) is 0 Å². The Morgan fingerprint density at radius 3 is 2.73 bits per heavy atom. The van der Waals surface area contributed by atoms with Gasteiger partial charge in [0.1, 0.15) is 10.6 Å². The second kappa shape index (κ2) is 8.49. The van der Waals surface area contributed by atoms with Gasteiger partial charge in [-0.05, 0) is 55.0 Å². The summed E-state index contributed by atoms with van der Waals surface area (Å²) >= 11 is 0. The first-order valence-corrected chi connectivity index (χ1v) is 11.5. The molecule has 1 fully saturated rings. The standard InChI is InChI=1S/C22H25N3O4S/c1-29-20-10-7-17(15-21(20)30(27,28)24-18-8-9-18)22(26)23-12-4-13-25-14-11-16-5-2-3-6-19(16)25/h2-3,5-7,10-11,14-15,18,24H,4,8-9,12-13H2,1H3,(H,23,26). The Kier molecular flexibility index (Phi) is 5.78. The van der Waals surface area contributed by atoms with Crippen LogP contribution in [0.25, 0.3) is 10.9 Å². The van der Waals surface area contributed by atoms with Gasteiger partial charge in [-0.2, -0.15) is 0 Å². The van der Waals surface area contributed by atoms with Gasteiger partial charge in [-0.25, -0.2) is 13.1 Å². The third-order valence-corrected chi connectivity index (χ3v) is 6.70. The van der Waals surface area contributed by atoms with E-state index in [4.69, 9.17) is 4.74 Å². The summed E-state index contributed by atoms with van der Waals surface area (Å²) in [5.74, 6) is -0.0860. The summed E-state index contributed by atoms with van der Waals surface area (Å²) in [5.41, 5.74) is 1.45. The lowest BCUT2D eigenvalue weighted by Gasteiger charge is -2.12. The summed E-state index contributed by atoms with van der Waals surface area (Å²) < 4.78 is 35.2. The van der Waals surface area contributed by atoms with Crippen LogP contribution in [0, 0.1) is 0 Å². The fourth-order valence-corrected chi connectivity index (χ4v) is 4.90. The molecule has 1 saturated carbocycles. The number of para-hydroxylation sites is 1. The summed E-state index contributed by atoms with van der Waals surface area (Å²) in [6.07, 6.45) is 4.46. The van der Waals surface area contributed by atoms with Gasteiger partial charge in [-0.1, -0.05) is 18.2 Å². The molecule has 0 unspecified atom stereocenters. The molecule has 2 N–H and O–H groups in total. The van der Waals surface area contributed by atoms with Crippen LogP contribution in [0.2, 0.25) is 0 Å². The van der Waals surface area contributed by atoms with Crippen LogP contribution in [0.3, 0.4) is 0 Å². The van der Waals surface area contributed by atoms with E-state index in [-0.39, 0.29) is 22.6 Å². The van der Waals surface area contributed by atoms with Crippen LogP contribution in [0.1, 0.15) is 29.6 Å². The summed E-state index contributed by atoms with van der Waals surface area (Å²) in [7, 11) is -2.32. The van der Waals surface area contributed by atoms with E-state index in [1.165, 1.54) is 24.6 Å². The molecule has 0 atom stereocenters. The lowest BCUT2D eigenvalue weighted by atomic mass is 10.2. The van der Waals surface area contributed by atoms with Gasteiger partial charge in [0.2, 0.25) is 10.0 Å². The molecule has 0 spiro atoms. The van der Waals surface area contributed by atoms with Crippen LogP contribution in [-0.4, -0.2) is 38.6 Å². The van der Waals surface area contributed by atoms with Crippen LogP contribution in [0.4, 0.5) is 0 Å². The van der Waals surface area contributed by atoms with Crippen molar-refractivity contribution in [1.29, 1.82) is 0 Å². The predicted octanol–water partition coefficient (Wildman–Crippen LogP) is 2.91. The third-order valence-electron chi connectivity index (χ3n) is 5.16. The maximum absolute atomic E-state index is 12.6. The number of hydrogen-bond acceptors (Lipinski definition) is 4. The van der Waals surface area contributed by atoms with Gasteiger partial charge in [-0.15, -0.1) is 0 Å². The number of fused-ring (bicyclic) bond motifs is 1. The minimum absolute atomic E-state index is 0.0108. The first kappa shape index (κ1) is 20.4. The molecule has 4 rings (SSSR count). The molecule has 8 heteroatoms. The highest BCUT2D eigenvalue weighted by molar-refractivity contribution is 7.89. The first-order valence-electron chi connectivity index (χ1n) is 10.0. The van der Waals surface area contributed by atoms with Crippen molar-refractivity contribution in [2.75, 3.05) is 13.7 Å². The largest absolute Gasteiger partial charge is 0.495 e.